The fourth-order valence-corrected chi connectivity index (χ4v) is 2.67. The molecule has 0 aliphatic carbocycles. The lowest BCUT2D eigenvalue weighted by Gasteiger charge is -2.16. The van der Waals surface area contributed by atoms with E-state index in [0.29, 0.717) is 5.56 Å². The first-order chi connectivity index (χ1) is 14.3. The Labute approximate surface area is 168 Å². The van der Waals surface area contributed by atoms with Gasteiger partial charge in [-0.1, -0.05) is 12.1 Å². The summed E-state index contributed by atoms with van der Waals surface area (Å²) in [6.07, 6.45) is -3.45. The van der Waals surface area contributed by atoms with Crippen LogP contribution in [-0.2, 0) is 12.6 Å². The zero-order chi connectivity index (χ0) is 21.7. The van der Waals surface area contributed by atoms with Crippen molar-refractivity contribution in [2.24, 2.45) is 0 Å². The van der Waals surface area contributed by atoms with Crippen molar-refractivity contribution < 1.29 is 27.2 Å². The molecule has 3 aromatic rings. The molecule has 9 heteroatoms. The van der Waals surface area contributed by atoms with Gasteiger partial charge in [-0.25, -0.2) is 0 Å². The lowest BCUT2D eigenvalue weighted by molar-refractivity contribution is -0.136. The summed E-state index contributed by atoms with van der Waals surface area (Å²) in [6.45, 7) is 0. The molecular weight excluding hydrogens is 399 g/mol. The van der Waals surface area contributed by atoms with Crippen LogP contribution in [0, 0.1) is 11.3 Å². The number of amides is 2. The van der Waals surface area contributed by atoms with Gasteiger partial charge in [0.1, 0.15) is 0 Å². The van der Waals surface area contributed by atoms with E-state index < -0.39 is 29.2 Å². The number of furan rings is 1. The molecule has 152 valence electrons. The zero-order valence-corrected chi connectivity index (χ0v) is 15.3. The van der Waals surface area contributed by atoms with Gasteiger partial charge >= 0.3 is 6.18 Å². The van der Waals surface area contributed by atoms with E-state index in [1.54, 1.807) is 12.1 Å². The molecule has 1 aromatic heterocycles. The third-order valence-electron chi connectivity index (χ3n) is 4.05. The van der Waals surface area contributed by atoms with Crippen molar-refractivity contribution in [2.75, 3.05) is 10.6 Å². The molecule has 0 aliphatic rings. The number of halogens is 3. The van der Waals surface area contributed by atoms with Crippen molar-refractivity contribution in [1.82, 2.24) is 0 Å². The Hall–Kier alpha value is -4.06. The summed E-state index contributed by atoms with van der Waals surface area (Å²) in [5.41, 5.74) is -1.02. The van der Waals surface area contributed by atoms with Crippen LogP contribution in [0.1, 0.15) is 32.0 Å². The highest BCUT2D eigenvalue weighted by Gasteiger charge is 2.34. The normalized spacial score (nSPS) is 10.9. The summed E-state index contributed by atoms with van der Waals surface area (Å²) in [5, 5.41) is 13.3. The smallest absolute Gasteiger partial charge is 0.418 e. The Kier molecular flexibility index (Phi) is 5.88. The topological polar surface area (TPSA) is 95.1 Å². The molecule has 2 amide bonds. The van der Waals surface area contributed by atoms with Crippen molar-refractivity contribution in [3.8, 4) is 6.07 Å². The molecule has 6 nitrogen and oxygen atoms in total. The van der Waals surface area contributed by atoms with Crippen molar-refractivity contribution >= 4 is 23.2 Å². The number of carbonyl (C=O) groups is 2. The fraction of sp³-hybridized carbons (Fsp3) is 0.0952. The monoisotopic (exact) mass is 413 g/mol. The van der Waals surface area contributed by atoms with Gasteiger partial charge in [0.25, 0.3) is 11.8 Å². The van der Waals surface area contributed by atoms with Crippen LogP contribution in [0.25, 0.3) is 0 Å². The summed E-state index contributed by atoms with van der Waals surface area (Å²) in [4.78, 5) is 24.4. The molecule has 0 radical (unpaired) electrons. The molecule has 3 rings (SSSR count). The minimum atomic E-state index is -4.78. The van der Waals surface area contributed by atoms with Crippen molar-refractivity contribution in [2.45, 2.75) is 12.6 Å². The number of hydrogen-bond donors (Lipinski definition) is 2. The molecule has 2 N–H and O–H groups in total. The van der Waals surface area contributed by atoms with Gasteiger partial charge in [0.2, 0.25) is 0 Å². The highest BCUT2D eigenvalue weighted by atomic mass is 19.4. The van der Waals surface area contributed by atoms with Gasteiger partial charge in [-0.15, -0.1) is 0 Å². The molecule has 0 aliphatic heterocycles. The van der Waals surface area contributed by atoms with E-state index in [1.165, 1.54) is 36.6 Å². The van der Waals surface area contributed by atoms with Gasteiger partial charge in [-0.2, -0.15) is 18.4 Å². The van der Waals surface area contributed by atoms with Crippen LogP contribution in [0.3, 0.4) is 0 Å². The Bertz CT molecular complexity index is 1120. The summed E-state index contributed by atoms with van der Waals surface area (Å²) >= 11 is 0. The van der Waals surface area contributed by atoms with Gasteiger partial charge in [0.05, 0.1) is 30.0 Å². The van der Waals surface area contributed by atoms with Crippen molar-refractivity contribution in [1.29, 1.82) is 5.26 Å². The average molecular weight is 413 g/mol. The quantitative estimate of drug-likeness (QED) is 0.624. The number of nitrogens with one attached hydrogen (secondary N) is 2. The highest BCUT2D eigenvalue weighted by molar-refractivity contribution is 6.05. The number of benzene rings is 2. The lowest BCUT2D eigenvalue weighted by atomic mass is 10.1. The Morgan fingerprint density at radius 2 is 1.80 bits per heavy atom. The number of nitrogens with zero attached hydrogens (tertiary/aromatic N) is 1. The second-order valence-electron chi connectivity index (χ2n) is 6.18. The number of anilines is 2. The first kappa shape index (κ1) is 20.7. The molecular formula is C21H14F3N3O3. The number of hydrogen-bond acceptors (Lipinski definition) is 4. The molecule has 0 spiro atoms. The van der Waals surface area contributed by atoms with Crippen LogP contribution in [0.15, 0.2) is 65.3 Å². The van der Waals surface area contributed by atoms with Crippen LogP contribution in [-0.4, -0.2) is 11.8 Å². The molecule has 30 heavy (non-hydrogen) atoms. The molecule has 2 aromatic carbocycles. The van der Waals surface area contributed by atoms with Crippen LogP contribution < -0.4 is 10.6 Å². The van der Waals surface area contributed by atoms with E-state index in [4.69, 9.17) is 9.68 Å². The first-order valence-electron chi connectivity index (χ1n) is 8.61. The molecule has 0 saturated carbocycles. The van der Waals surface area contributed by atoms with Gasteiger partial charge in [0, 0.05) is 11.3 Å². The molecule has 0 bridgehead atoms. The first-order valence-corrected chi connectivity index (χ1v) is 8.61. The fourth-order valence-electron chi connectivity index (χ4n) is 2.67. The van der Waals surface area contributed by atoms with Crippen molar-refractivity contribution in [3.05, 3.63) is 83.3 Å². The number of carbonyl (C=O) groups excluding carboxylic acids is 2. The highest BCUT2D eigenvalue weighted by Crippen LogP contribution is 2.37. The molecule has 0 fully saturated rings. The average Bonchev–Trinajstić information content (AvgIpc) is 3.24. The van der Waals surface area contributed by atoms with Gasteiger partial charge in [0.15, 0.2) is 5.76 Å². The minimum Gasteiger partial charge on any atom is -0.459 e. The summed E-state index contributed by atoms with van der Waals surface area (Å²) in [6, 6.07) is 13.8. The number of rotatable bonds is 5. The third kappa shape index (κ3) is 4.86. The number of nitriles is 1. The van der Waals surface area contributed by atoms with Gasteiger partial charge < -0.3 is 15.1 Å². The van der Waals surface area contributed by atoms with Crippen LogP contribution in [0.5, 0.6) is 0 Å². The molecule has 0 unspecified atom stereocenters. The van der Waals surface area contributed by atoms with Gasteiger partial charge in [-0.3, -0.25) is 9.59 Å². The lowest BCUT2D eigenvalue weighted by Crippen LogP contribution is -2.18. The van der Waals surface area contributed by atoms with E-state index >= 15 is 0 Å². The molecule has 0 saturated heterocycles. The summed E-state index contributed by atoms with van der Waals surface area (Å²) in [5.74, 6) is -1.52. The van der Waals surface area contributed by atoms with E-state index in [0.717, 1.165) is 12.1 Å². The van der Waals surface area contributed by atoms with E-state index in [1.807, 2.05) is 6.07 Å². The predicted octanol–water partition coefficient (Wildman–Crippen LogP) is 4.87. The second kappa shape index (κ2) is 8.53. The third-order valence-corrected chi connectivity index (χ3v) is 4.05. The minimum absolute atomic E-state index is 0.0572. The summed E-state index contributed by atoms with van der Waals surface area (Å²) < 4.78 is 45.5. The maximum atomic E-state index is 13.5. The van der Waals surface area contributed by atoms with E-state index in [-0.39, 0.29) is 23.4 Å². The Morgan fingerprint density at radius 1 is 1.00 bits per heavy atom. The number of alkyl halides is 3. The van der Waals surface area contributed by atoms with Gasteiger partial charge in [-0.05, 0) is 48.0 Å². The predicted molar refractivity (Wildman–Crippen MR) is 102 cm³/mol. The summed E-state index contributed by atoms with van der Waals surface area (Å²) in [7, 11) is 0. The maximum Gasteiger partial charge on any atom is 0.418 e. The SMILES string of the molecule is N#CCc1cccc(C(=O)Nc2ccc(NC(=O)c3ccco3)cc2C(F)(F)F)c1. The Morgan fingerprint density at radius 3 is 2.47 bits per heavy atom. The van der Waals surface area contributed by atoms with E-state index in [9.17, 15) is 22.8 Å². The van der Waals surface area contributed by atoms with E-state index in [2.05, 4.69) is 10.6 Å². The Balaban J connectivity index is 1.85. The second-order valence-corrected chi connectivity index (χ2v) is 6.18. The van der Waals surface area contributed by atoms with Crippen LogP contribution >= 0.6 is 0 Å². The molecule has 0 atom stereocenters. The van der Waals surface area contributed by atoms with Crippen LogP contribution in [0.2, 0.25) is 0 Å². The molecule has 1 heterocycles. The zero-order valence-electron chi connectivity index (χ0n) is 15.3. The van der Waals surface area contributed by atoms with Crippen LogP contribution in [0.4, 0.5) is 24.5 Å². The van der Waals surface area contributed by atoms with Crippen molar-refractivity contribution in [3.63, 3.8) is 0 Å². The maximum absolute atomic E-state index is 13.5. The standard InChI is InChI=1S/C21H14F3N3O3/c22-21(23,24)16-12-15(26-20(29)18-5-2-10-30-18)6-7-17(16)27-19(28)14-4-1-3-13(11-14)8-9-25/h1-7,10-12H,8H2,(H,26,29)(H,27,28). The largest absolute Gasteiger partial charge is 0.459 e.